The Labute approximate surface area is 177 Å². The van der Waals surface area contributed by atoms with Crippen LogP contribution in [0.25, 0.3) is 11.1 Å². The summed E-state index contributed by atoms with van der Waals surface area (Å²) in [5, 5.41) is 0.613. The number of hydrazine groups is 1. The second kappa shape index (κ2) is 8.79. The number of carbonyl (C=O) groups excluding carboxylic acids is 1. The van der Waals surface area contributed by atoms with Crippen LogP contribution in [-0.2, 0) is 17.4 Å². The van der Waals surface area contributed by atoms with Crippen molar-refractivity contribution < 1.29 is 18.0 Å². The van der Waals surface area contributed by atoms with Gasteiger partial charge in [-0.05, 0) is 51.3 Å². The van der Waals surface area contributed by atoms with Gasteiger partial charge < -0.3 is 0 Å². The number of hydrogen-bond acceptors (Lipinski definition) is 4. The first-order chi connectivity index (χ1) is 13.7. The standard InChI is InChI=1S/C19H13BrClF3N4O/c20-15-10-26-17(8-14(15)12-2-4-13(21)5-3-12)27-28-18(29)7-11-1-6-16(25-9-11)19(22,23)24/h1-6,8-10H,7H2,(H,26,27)(H,28,29). The molecule has 3 rings (SSSR count). The maximum atomic E-state index is 12.5. The van der Waals surface area contributed by atoms with Gasteiger partial charge in [0, 0.05) is 27.5 Å². The van der Waals surface area contributed by atoms with Gasteiger partial charge in [-0.1, -0.05) is 29.8 Å². The van der Waals surface area contributed by atoms with Crippen molar-refractivity contribution in [1.82, 2.24) is 15.4 Å². The normalized spacial score (nSPS) is 11.2. The number of anilines is 1. The molecular formula is C19H13BrClF3N4O. The first kappa shape index (κ1) is 21.1. The van der Waals surface area contributed by atoms with Crippen molar-refractivity contribution in [1.29, 1.82) is 0 Å². The fourth-order valence-corrected chi connectivity index (χ4v) is 2.99. The van der Waals surface area contributed by atoms with Crippen LogP contribution >= 0.6 is 27.5 Å². The number of benzene rings is 1. The van der Waals surface area contributed by atoms with Crippen LogP contribution in [-0.4, -0.2) is 15.9 Å². The van der Waals surface area contributed by atoms with Crippen LogP contribution in [0.2, 0.25) is 5.02 Å². The minimum absolute atomic E-state index is 0.140. The van der Waals surface area contributed by atoms with Crippen molar-refractivity contribution in [2.24, 2.45) is 0 Å². The van der Waals surface area contributed by atoms with Crippen LogP contribution in [0.3, 0.4) is 0 Å². The Kier molecular flexibility index (Phi) is 6.39. The number of amides is 1. The Morgan fingerprint density at radius 2 is 1.79 bits per heavy atom. The van der Waals surface area contributed by atoms with E-state index in [2.05, 4.69) is 36.7 Å². The molecule has 2 heterocycles. The lowest BCUT2D eigenvalue weighted by molar-refractivity contribution is -0.141. The molecule has 0 unspecified atom stereocenters. The summed E-state index contributed by atoms with van der Waals surface area (Å²) >= 11 is 9.34. The average Bonchev–Trinajstić information content (AvgIpc) is 2.68. The fourth-order valence-electron chi connectivity index (χ4n) is 2.42. The largest absolute Gasteiger partial charge is 0.433 e. The minimum Gasteiger partial charge on any atom is -0.282 e. The Hall–Kier alpha value is -2.65. The molecule has 0 saturated carbocycles. The summed E-state index contributed by atoms with van der Waals surface area (Å²) in [5.41, 5.74) is 6.23. The van der Waals surface area contributed by atoms with E-state index in [0.717, 1.165) is 27.9 Å². The van der Waals surface area contributed by atoms with E-state index in [1.54, 1.807) is 24.4 Å². The minimum atomic E-state index is -4.52. The molecule has 3 aromatic rings. The number of alkyl halides is 3. The third kappa shape index (κ3) is 5.68. The number of nitrogens with zero attached hydrogens (tertiary/aromatic N) is 2. The van der Waals surface area contributed by atoms with Gasteiger partial charge in [0.15, 0.2) is 0 Å². The first-order valence-electron chi connectivity index (χ1n) is 8.21. The molecule has 0 aliphatic rings. The molecule has 2 aromatic heterocycles. The Morgan fingerprint density at radius 1 is 1.07 bits per heavy atom. The number of rotatable bonds is 5. The van der Waals surface area contributed by atoms with E-state index in [9.17, 15) is 18.0 Å². The topological polar surface area (TPSA) is 66.9 Å². The number of pyridine rings is 2. The van der Waals surface area contributed by atoms with Crippen molar-refractivity contribution >= 4 is 39.3 Å². The summed E-state index contributed by atoms with van der Waals surface area (Å²) in [6, 6.07) is 11.0. The SMILES string of the molecule is O=C(Cc1ccc(C(F)(F)F)nc1)NNc1cc(-c2ccc(Cl)cc2)c(Br)cn1. The summed E-state index contributed by atoms with van der Waals surface area (Å²) in [4.78, 5) is 19.5. The van der Waals surface area contributed by atoms with E-state index in [-0.39, 0.29) is 6.42 Å². The molecule has 0 fully saturated rings. The average molecular weight is 486 g/mol. The van der Waals surface area contributed by atoms with Crippen LogP contribution in [0.15, 0.2) is 59.3 Å². The molecule has 1 aromatic carbocycles. The highest BCUT2D eigenvalue weighted by Gasteiger charge is 2.32. The quantitative estimate of drug-likeness (QED) is 0.484. The highest BCUT2D eigenvalue weighted by Crippen LogP contribution is 2.30. The Bertz CT molecular complexity index is 1010. The molecule has 1 amide bonds. The first-order valence-corrected chi connectivity index (χ1v) is 9.38. The molecule has 0 radical (unpaired) electrons. The molecule has 0 bridgehead atoms. The number of halogens is 5. The number of nitrogens with one attached hydrogen (secondary N) is 2. The lowest BCUT2D eigenvalue weighted by atomic mass is 10.1. The highest BCUT2D eigenvalue weighted by molar-refractivity contribution is 9.10. The number of hydrogen-bond donors (Lipinski definition) is 2. The van der Waals surface area contributed by atoms with Crippen molar-refractivity contribution in [2.75, 3.05) is 5.43 Å². The lowest BCUT2D eigenvalue weighted by Crippen LogP contribution is -2.31. The number of carbonyl (C=O) groups is 1. The molecule has 5 nitrogen and oxygen atoms in total. The van der Waals surface area contributed by atoms with Crippen LogP contribution in [0.1, 0.15) is 11.3 Å². The smallest absolute Gasteiger partial charge is 0.282 e. The molecule has 0 aliphatic carbocycles. The third-order valence-corrected chi connectivity index (χ3v) is 4.70. The predicted octanol–water partition coefficient (Wildman–Crippen LogP) is 5.26. The molecule has 0 atom stereocenters. The molecule has 29 heavy (non-hydrogen) atoms. The van der Waals surface area contributed by atoms with Crippen LogP contribution < -0.4 is 10.9 Å². The zero-order valence-electron chi connectivity index (χ0n) is 14.6. The predicted molar refractivity (Wildman–Crippen MR) is 107 cm³/mol. The summed E-state index contributed by atoms with van der Waals surface area (Å²) < 4.78 is 38.3. The molecular weight excluding hydrogens is 473 g/mol. The molecule has 0 spiro atoms. The Balaban J connectivity index is 1.63. The van der Waals surface area contributed by atoms with Crippen molar-refractivity contribution in [3.8, 4) is 11.1 Å². The van der Waals surface area contributed by atoms with Gasteiger partial charge in [-0.2, -0.15) is 13.2 Å². The van der Waals surface area contributed by atoms with Crippen LogP contribution in [0, 0.1) is 0 Å². The van der Waals surface area contributed by atoms with E-state index in [1.807, 2.05) is 12.1 Å². The van der Waals surface area contributed by atoms with Gasteiger partial charge in [0.2, 0.25) is 5.91 Å². The van der Waals surface area contributed by atoms with E-state index >= 15 is 0 Å². The lowest BCUT2D eigenvalue weighted by Gasteiger charge is -2.11. The van der Waals surface area contributed by atoms with Crippen LogP contribution in [0.5, 0.6) is 0 Å². The van der Waals surface area contributed by atoms with Crippen molar-refractivity contribution in [3.05, 3.63) is 75.6 Å². The summed E-state index contributed by atoms with van der Waals surface area (Å²) in [6.45, 7) is 0. The monoisotopic (exact) mass is 484 g/mol. The molecule has 0 saturated heterocycles. The maximum Gasteiger partial charge on any atom is 0.433 e. The van der Waals surface area contributed by atoms with Crippen LogP contribution in [0.4, 0.5) is 19.0 Å². The van der Waals surface area contributed by atoms with Gasteiger partial charge in [-0.25, -0.2) is 4.98 Å². The van der Waals surface area contributed by atoms with E-state index in [1.165, 1.54) is 6.07 Å². The molecule has 2 N–H and O–H groups in total. The zero-order chi connectivity index (χ0) is 21.0. The summed E-state index contributed by atoms with van der Waals surface area (Å²) in [5.74, 6) is -0.0682. The van der Waals surface area contributed by atoms with Gasteiger partial charge in [0.25, 0.3) is 0 Å². The highest BCUT2D eigenvalue weighted by atomic mass is 79.9. The van der Waals surface area contributed by atoms with Crippen molar-refractivity contribution in [2.45, 2.75) is 12.6 Å². The van der Waals surface area contributed by atoms with Gasteiger partial charge in [0.1, 0.15) is 11.5 Å². The maximum absolute atomic E-state index is 12.5. The molecule has 0 aliphatic heterocycles. The second-order valence-corrected chi connectivity index (χ2v) is 7.25. The molecule has 10 heteroatoms. The zero-order valence-corrected chi connectivity index (χ0v) is 16.9. The second-order valence-electron chi connectivity index (χ2n) is 5.96. The third-order valence-electron chi connectivity index (χ3n) is 3.82. The molecule has 150 valence electrons. The van der Waals surface area contributed by atoms with Gasteiger partial charge in [0.05, 0.1) is 6.42 Å². The number of aromatic nitrogens is 2. The van der Waals surface area contributed by atoms with E-state index in [0.29, 0.717) is 16.4 Å². The Morgan fingerprint density at radius 3 is 2.41 bits per heavy atom. The van der Waals surface area contributed by atoms with Gasteiger partial charge in [-0.15, -0.1) is 0 Å². The van der Waals surface area contributed by atoms with E-state index < -0.39 is 17.8 Å². The van der Waals surface area contributed by atoms with Gasteiger partial charge >= 0.3 is 6.18 Å². The van der Waals surface area contributed by atoms with Crippen molar-refractivity contribution in [3.63, 3.8) is 0 Å². The summed E-state index contributed by atoms with van der Waals surface area (Å²) in [7, 11) is 0. The van der Waals surface area contributed by atoms with Gasteiger partial charge in [-0.3, -0.25) is 20.6 Å². The van der Waals surface area contributed by atoms with E-state index in [4.69, 9.17) is 11.6 Å². The summed E-state index contributed by atoms with van der Waals surface area (Å²) in [6.07, 6.45) is -2.05. The fraction of sp³-hybridized carbons (Fsp3) is 0.105.